The fourth-order valence-electron chi connectivity index (χ4n) is 3.32. The largest absolute Gasteiger partial charge is 0.354 e. The van der Waals surface area contributed by atoms with Crippen LogP contribution >= 0.6 is 12.8 Å². The summed E-state index contributed by atoms with van der Waals surface area (Å²) in [6.07, 6.45) is 4.22. The van der Waals surface area contributed by atoms with E-state index < -0.39 is 0 Å². The van der Waals surface area contributed by atoms with Crippen molar-refractivity contribution in [1.29, 1.82) is 5.26 Å². The highest BCUT2D eigenvalue weighted by Crippen LogP contribution is 2.29. The number of aromatic nitrogens is 3. The number of amides is 1. The minimum atomic E-state index is -0.0999. The number of rotatable bonds is 3. The maximum absolute atomic E-state index is 12.1. The molecule has 1 fully saturated rings. The summed E-state index contributed by atoms with van der Waals surface area (Å²) < 4.78 is 1.67. The van der Waals surface area contributed by atoms with Crippen molar-refractivity contribution < 1.29 is 4.79 Å². The summed E-state index contributed by atoms with van der Waals surface area (Å²) in [6.45, 7) is 3.50. The number of hydrogen-bond acceptors (Lipinski definition) is 6. The Morgan fingerprint density at radius 1 is 1.54 bits per heavy atom. The van der Waals surface area contributed by atoms with E-state index >= 15 is 0 Å². The van der Waals surface area contributed by atoms with Crippen LogP contribution in [0.2, 0.25) is 0 Å². The number of carbonyl (C=O) groups excluding carboxylic acids is 1. The molecule has 1 amide bonds. The van der Waals surface area contributed by atoms with Crippen molar-refractivity contribution in [2.24, 2.45) is 5.92 Å². The first-order valence-electron chi connectivity index (χ1n) is 7.91. The van der Waals surface area contributed by atoms with Gasteiger partial charge in [-0.3, -0.25) is 8.77 Å². The van der Waals surface area contributed by atoms with Gasteiger partial charge in [0, 0.05) is 26.3 Å². The summed E-state index contributed by atoms with van der Waals surface area (Å²) in [5.74, 6) is 1.15. The molecule has 126 valence electrons. The number of anilines is 1. The lowest BCUT2D eigenvalue weighted by atomic mass is 9.92. The molecule has 1 aliphatic heterocycles. The summed E-state index contributed by atoms with van der Waals surface area (Å²) in [5, 5.41) is 9.69. The summed E-state index contributed by atoms with van der Waals surface area (Å²) in [4.78, 5) is 24.7. The summed E-state index contributed by atoms with van der Waals surface area (Å²) in [7, 11) is 2.00. The molecule has 0 saturated carbocycles. The molecule has 0 aromatic carbocycles. The molecule has 0 bridgehead atoms. The number of fused-ring (bicyclic) bond motifs is 1. The van der Waals surface area contributed by atoms with Crippen molar-refractivity contribution in [2.75, 3.05) is 25.0 Å². The van der Waals surface area contributed by atoms with Crippen LogP contribution in [0.15, 0.2) is 18.6 Å². The maximum atomic E-state index is 12.1. The normalized spacial score (nSPS) is 20.8. The van der Waals surface area contributed by atoms with Gasteiger partial charge in [-0.25, -0.2) is 9.97 Å². The SMILES string of the molecule is C[C@@H]1CCN(C(=O)CC#N)C[C@@H]1N(C)c1ncnc2c1ccn2S. The smallest absolute Gasteiger partial charge is 0.236 e. The molecule has 0 spiro atoms. The Morgan fingerprint density at radius 2 is 2.33 bits per heavy atom. The average molecular weight is 344 g/mol. The fraction of sp³-hybridized carbons (Fsp3) is 0.500. The Bertz CT molecular complexity index is 797. The van der Waals surface area contributed by atoms with E-state index in [1.54, 1.807) is 8.87 Å². The third-order valence-corrected chi connectivity index (χ3v) is 5.10. The maximum Gasteiger partial charge on any atom is 0.236 e. The van der Waals surface area contributed by atoms with Gasteiger partial charge in [0.1, 0.15) is 18.6 Å². The van der Waals surface area contributed by atoms with Crippen molar-refractivity contribution >= 4 is 35.6 Å². The van der Waals surface area contributed by atoms with Crippen LogP contribution < -0.4 is 4.90 Å². The van der Waals surface area contributed by atoms with Gasteiger partial charge < -0.3 is 9.80 Å². The highest BCUT2D eigenvalue weighted by atomic mass is 32.1. The lowest BCUT2D eigenvalue weighted by Gasteiger charge is -2.42. The molecule has 24 heavy (non-hydrogen) atoms. The Hall–Kier alpha value is -2.27. The molecule has 0 unspecified atom stereocenters. The van der Waals surface area contributed by atoms with Gasteiger partial charge >= 0.3 is 0 Å². The highest BCUT2D eigenvalue weighted by molar-refractivity contribution is 7.78. The number of hydrogen-bond donors (Lipinski definition) is 1. The lowest BCUT2D eigenvalue weighted by Crippen LogP contribution is -2.52. The van der Waals surface area contributed by atoms with Crippen LogP contribution in [-0.2, 0) is 4.79 Å². The minimum Gasteiger partial charge on any atom is -0.354 e. The first-order valence-corrected chi connectivity index (χ1v) is 8.31. The Kier molecular flexibility index (Phi) is 4.62. The van der Waals surface area contributed by atoms with Crippen molar-refractivity contribution in [3.05, 3.63) is 18.6 Å². The summed E-state index contributed by atoms with van der Waals surface area (Å²) in [5.41, 5.74) is 0.760. The molecule has 2 aromatic rings. The third kappa shape index (κ3) is 2.91. The Labute approximate surface area is 146 Å². The van der Waals surface area contributed by atoms with E-state index in [1.165, 1.54) is 6.33 Å². The average Bonchev–Trinajstić information content (AvgIpc) is 2.96. The van der Waals surface area contributed by atoms with Crippen LogP contribution in [0.3, 0.4) is 0 Å². The Balaban J connectivity index is 1.88. The summed E-state index contributed by atoms with van der Waals surface area (Å²) in [6, 6.07) is 4.03. The molecule has 1 saturated heterocycles. The molecule has 2 aromatic heterocycles. The van der Waals surface area contributed by atoms with Gasteiger partial charge in [-0.2, -0.15) is 5.26 Å². The summed E-state index contributed by atoms with van der Waals surface area (Å²) >= 11 is 4.35. The molecule has 0 N–H and O–H groups in total. The first-order chi connectivity index (χ1) is 11.5. The molecule has 0 radical (unpaired) electrons. The van der Waals surface area contributed by atoms with E-state index in [4.69, 9.17) is 5.26 Å². The number of likely N-dealkylation sites (tertiary alicyclic amines) is 1. The number of likely N-dealkylation sites (N-methyl/N-ethyl adjacent to an activating group) is 1. The number of thiol groups is 1. The van der Waals surface area contributed by atoms with E-state index in [1.807, 2.05) is 25.4 Å². The van der Waals surface area contributed by atoms with Gasteiger partial charge in [-0.15, -0.1) is 0 Å². The van der Waals surface area contributed by atoms with Gasteiger partial charge in [0.2, 0.25) is 5.91 Å². The Morgan fingerprint density at radius 3 is 3.08 bits per heavy atom. The fourth-order valence-corrected chi connectivity index (χ4v) is 3.55. The first kappa shape index (κ1) is 16.6. The number of piperidine rings is 1. The van der Waals surface area contributed by atoms with Crippen LogP contribution in [0.25, 0.3) is 11.0 Å². The predicted molar refractivity (Wildman–Crippen MR) is 94.7 cm³/mol. The van der Waals surface area contributed by atoms with Gasteiger partial charge in [0.05, 0.1) is 17.5 Å². The van der Waals surface area contributed by atoms with Crippen LogP contribution in [-0.4, -0.2) is 50.9 Å². The van der Waals surface area contributed by atoms with E-state index in [0.717, 1.165) is 23.3 Å². The minimum absolute atomic E-state index is 0.0644. The standard InChI is InChI=1S/C16H20N6OS/c1-11-4-7-21(14(23)3-6-17)9-13(11)20(2)15-12-5-8-22(24)16(12)19-10-18-15/h5,8,10-11,13,24H,3-4,7,9H2,1-2H3/t11-,13+/m1/s1. The molecule has 7 nitrogen and oxygen atoms in total. The lowest BCUT2D eigenvalue weighted by molar-refractivity contribution is -0.131. The molecule has 2 atom stereocenters. The van der Waals surface area contributed by atoms with Crippen molar-refractivity contribution in [3.8, 4) is 6.07 Å². The molecule has 1 aliphatic rings. The van der Waals surface area contributed by atoms with Crippen molar-refractivity contribution in [1.82, 2.24) is 18.8 Å². The van der Waals surface area contributed by atoms with E-state index in [-0.39, 0.29) is 18.4 Å². The van der Waals surface area contributed by atoms with Crippen LogP contribution in [0, 0.1) is 17.2 Å². The zero-order valence-electron chi connectivity index (χ0n) is 13.8. The number of nitrogens with zero attached hydrogens (tertiary/aromatic N) is 6. The number of nitriles is 1. The van der Waals surface area contributed by atoms with Gasteiger partial charge in [0.25, 0.3) is 0 Å². The third-order valence-electron chi connectivity index (χ3n) is 4.77. The van der Waals surface area contributed by atoms with E-state index in [2.05, 4.69) is 34.6 Å². The molecule has 3 heterocycles. The molecule has 8 heteroatoms. The van der Waals surface area contributed by atoms with Crippen molar-refractivity contribution in [2.45, 2.75) is 25.8 Å². The second-order valence-electron chi connectivity index (χ2n) is 6.21. The predicted octanol–water partition coefficient (Wildman–Crippen LogP) is 1.71. The second kappa shape index (κ2) is 6.69. The zero-order valence-corrected chi connectivity index (χ0v) is 14.6. The van der Waals surface area contributed by atoms with Crippen molar-refractivity contribution in [3.63, 3.8) is 0 Å². The molecular weight excluding hydrogens is 324 g/mol. The van der Waals surface area contributed by atoms with Gasteiger partial charge in [0.15, 0.2) is 5.65 Å². The van der Waals surface area contributed by atoms with E-state index in [9.17, 15) is 4.79 Å². The monoisotopic (exact) mass is 344 g/mol. The molecule has 0 aliphatic carbocycles. The van der Waals surface area contributed by atoms with Crippen LogP contribution in [0.4, 0.5) is 5.82 Å². The van der Waals surface area contributed by atoms with Gasteiger partial charge in [-0.1, -0.05) is 19.7 Å². The number of carbonyl (C=O) groups is 1. The second-order valence-corrected chi connectivity index (χ2v) is 6.64. The van der Waals surface area contributed by atoms with Crippen LogP contribution in [0.1, 0.15) is 19.8 Å². The van der Waals surface area contributed by atoms with Crippen LogP contribution in [0.5, 0.6) is 0 Å². The highest BCUT2D eigenvalue weighted by Gasteiger charge is 2.32. The quantitative estimate of drug-likeness (QED) is 0.858. The van der Waals surface area contributed by atoms with E-state index in [0.29, 0.717) is 19.0 Å². The molecule has 3 rings (SSSR count). The zero-order chi connectivity index (χ0) is 17.3. The van der Waals surface area contributed by atoms with Gasteiger partial charge in [-0.05, 0) is 18.4 Å². The molecular formula is C16H20N6OS. The topological polar surface area (TPSA) is 78.1 Å².